The van der Waals surface area contributed by atoms with E-state index < -0.39 is 0 Å². The standard InChI is InChI=1S/C14H20N2O2/c1-2-18-12-7-4-3-6-11(12)16-13(17)14(10-15)8-5-9-14/h3-4,6-7H,2,5,8-10,15H2,1H3,(H,16,17). The summed E-state index contributed by atoms with van der Waals surface area (Å²) in [4.78, 5) is 12.3. The van der Waals surface area contributed by atoms with Gasteiger partial charge in [0.25, 0.3) is 0 Å². The number of hydrogen-bond donors (Lipinski definition) is 2. The van der Waals surface area contributed by atoms with E-state index in [1.165, 1.54) is 0 Å². The monoisotopic (exact) mass is 248 g/mol. The van der Waals surface area contributed by atoms with Crippen molar-refractivity contribution in [3.05, 3.63) is 24.3 Å². The Morgan fingerprint density at radius 3 is 2.72 bits per heavy atom. The lowest BCUT2D eigenvalue weighted by molar-refractivity contribution is -0.129. The number of carbonyl (C=O) groups excluding carboxylic acids is 1. The van der Waals surface area contributed by atoms with Gasteiger partial charge in [0.2, 0.25) is 5.91 Å². The molecule has 3 N–H and O–H groups in total. The fourth-order valence-corrected chi connectivity index (χ4v) is 2.23. The zero-order chi connectivity index (χ0) is 13.0. The topological polar surface area (TPSA) is 64.3 Å². The zero-order valence-corrected chi connectivity index (χ0v) is 10.7. The van der Waals surface area contributed by atoms with Gasteiger partial charge in [-0.15, -0.1) is 0 Å². The highest BCUT2D eigenvalue weighted by molar-refractivity contribution is 5.97. The van der Waals surface area contributed by atoms with Gasteiger partial charge in [0.05, 0.1) is 17.7 Å². The number of ether oxygens (including phenoxy) is 1. The maximum atomic E-state index is 12.3. The van der Waals surface area contributed by atoms with Crippen LogP contribution in [0, 0.1) is 5.41 Å². The van der Waals surface area contributed by atoms with Crippen molar-refractivity contribution in [1.29, 1.82) is 0 Å². The number of para-hydroxylation sites is 2. The number of hydrogen-bond acceptors (Lipinski definition) is 3. The van der Waals surface area contributed by atoms with Crippen molar-refractivity contribution in [3.63, 3.8) is 0 Å². The molecule has 0 bridgehead atoms. The van der Waals surface area contributed by atoms with Crippen LogP contribution in [0.15, 0.2) is 24.3 Å². The van der Waals surface area contributed by atoms with E-state index in [2.05, 4.69) is 5.32 Å². The molecule has 0 spiro atoms. The number of rotatable bonds is 5. The van der Waals surface area contributed by atoms with E-state index in [-0.39, 0.29) is 11.3 Å². The van der Waals surface area contributed by atoms with Crippen molar-refractivity contribution in [1.82, 2.24) is 0 Å². The van der Waals surface area contributed by atoms with E-state index in [0.717, 1.165) is 24.9 Å². The van der Waals surface area contributed by atoms with Crippen molar-refractivity contribution in [2.24, 2.45) is 11.1 Å². The first-order valence-corrected chi connectivity index (χ1v) is 6.45. The normalized spacial score (nSPS) is 16.8. The molecule has 1 aliphatic rings. The molecule has 4 heteroatoms. The minimum atomic E-state index is -0.362. The third-order valence-corrected chi connectivity index (χ3v) is 3.62. The number of carbonyl (C=O) groups is 1. The molecule has 4 nitrogen and oxygen atoms in total. The molecule has 1 fully saturated rings. The van der Waals surface area contributed by atoms with Crippen LogP contribution in [0.2, 0.25) is 0 Å². The van der Waals surface area contributed by atoms with Gasteiger partial charge in [-0.25, -0.2) is 0 Å². The van der Waals surface area contributed by atoms with Gasteiger partial charge >= 0.3 is 0 Å². The van der Waals surface area contributed by atoms with Crippen molar-refractivity contribution >= 4 is 11.6 Å². The second kappa shape index (κ2) is 5.40. The molecule has 0 aliphatic heterocycles. The highest BCUT2D eigenvalue weighted by Crippen LogP contribution is 2.41. The summed E-state index contributed by atoms with van der Waals surface area (Å²) in [6, 6.07) is 7.48. The van der Waals surface area contributed by atoms with Crippen molar-refractivity contribution in [2.45, 2.75) is 26.2 Å². The van der Waals surface area contributed by atoms with Gasteiger partial charge < -0.3 is 15.8 Å². The average molecular weight is 248 g/mol. The molecule has 1 saturated carbocycles. The Morgan fingerprint density at radius 1 is 1.44 bits per heavy atom. The molecular formula is C14H20N2O2. The summed E-state index contributed by atoms with van der Waals surface area (Å²) < 4.78 is 5.49. The molecule has 1 amide bonds. The van der Waals surface area contributed by atoms with Gasteiger partial charge in [0, 0.05) is 6.54 Å². The summed E-state index contributed by atoms with van der Waals surface area (Å²) in [5.74, 6) is 0.725. The lowest BCUT2D eigenvalue weighted by Crippen LogP contribution is -2.47. The van der Waals surface area contributed by atoms with Gasteiger partial charge in [-0.05, 0) is 31.9 Å². The van der Waals surface area contributed by atoms with Gasteiger partial charge in [0.1, 0.15) is 5.75 Å². The predicted molar refractivity (Wildman–Crippen MR) is 71.6 cm³/mol. The van der Waals surface area contributed by atoms with Crippen LogP contribution in [0.5, 0.6) is 5.75 Å². The summed E-state index contributed by atoms with van der Waals surface area (Å²) in [6.45, 7) is 2.91. The molecule has 0 heterocycles. The molecule has 1 aliphatic carbocycles. The summed E-state index contributed by atoms with van der Waals surface area (Å²) in [5, 5.41) is 2.95. The van der Waals surface area contributed by atoms with Crippen LogP contribution in [0.3, 0.4) is 0 Å². The van der Waals surface area contributed by atoms with E-state index in [4.69, 9.17) is 10.5 Å². The Balaban J connectivity index is 2.11. The van der Waals surface area contributed by atoms with Crippen molar-refractivity contribution in [3.8, 4) is 5.75 Å². The minimum Gasteiger partial charge on any atom is -0.492 e. The molecule has 0 unspecified atom stereocenters. The minimum absolute atomic E-state index is 0.0170. The molecule has 1 aromatic carbocycles. The summed E-state index contributed by atoms with van der Waals surface area (Å²) in [5.41, 5.74) is 6.09. The van der Waals surface area contributed by atoms with E-state index in [9.17, 15) is 4.79 Å². The van der Waals surface area contributed by atoms with Crippen LogP contribution in [0.1, 0.15) is 26.2 Å². The summed E-state index contributed by atoms with van der Waals surface area (Å²) >= 11 is 0. The van der Waals surface area contributed by atoms with E-state index in [0.29, 0.717) is 18.9 Å². The zero-order valence-electron chi connectivity index (χ0n) is 10.7. The Bertz CT molecular complexity index is 422. The second-order valence-electron chi connectivity index (χ2n) is 4.72. The quantitative estimate of drug-likeness (QED) is 0.839. The molecule has 98 valence electrons. The number of nitrogens with one attached hydrogen (secondary N) is 1. The Kier molecular flexibility index (Phi) is 3.87. The Labute approximate surface area is 108 Å². The number of anilines is 1. The van der Waals surface area contributed by atoms with Gasteiger partial charge in [-0.2, -0.15) is 0 Å². The smallest absolute Gasteiger partial charge is 0.231 e. The van der Waals surface area contributed by atoms with E-state index in [1.807, 2.05) is 31.2 Å². The van der Waals surface area contributed by atoms with Crippen molar-refractivity contribution in [2.75, 3.05) is 18.5 Å². The second-order valence-corrected chi connectivity index (χ2v) is 4.72. The number of amides is 1. The summed E-state index contributed by atoms with van der Waals surface area (Å²) in [7, 11) is 0. The Hall–Kier alpha value is -1.55. The first-order chi connectivity index (χ1) is 8.72. The third kappa shape index (κ3) is 2.34. The first-order valence-electron chi connectivity index (χ1n) is 6.45. The fraction of sp³-hybridized carbons (Fsp3) is 0.500. The molecule has 2 rings (SSSR count). The van der Waals surface area contributed by atoms with Gasteiger partial charge in [0.15, 0.2) is 0 Å². The maximum Gasteiger partial charge on any atom is 0.231 e. The van der Waals surface area contributed by atoms with Crippen LogP contribution in [-0.4, -0.2) is 19.1 Å². The lowest BCUT2D eigenvalue weighted by atomic mass is 9.68. The third-order valence-electron chi connectivity index (χ3n) is 3.62. The van der Waals surface area contributed by atoms with Gasteiger partial charge in [-0.1, -0.05) is 18.6 Å². The molecular weight excluding hydrogens is 228 g/mol. The highest BCUT2D eigenvalue weighted by atomic mass is 16.5. The fourth-order valence-electron chi connectivity index (χ4n) is 2.23. The molecule has 1 aromatic rings. The summed E-state index contributed by atoms with van der Waals surface area (Å²) in [6.07, 6.45) is 2.84. The molecule has 18 heavy (non-hydrogen) atoms. The molecule has 0 aromatic heterocycles. The average Bonchev–Trinajstić information content (AvgIpc) is 2.31. The molecule has 0 radical (unpaired) electrons. The first kappa shape index (κ1) is 12.9. The van der Waals surface area contributed by atoms with E-state index >= 15 is 0 Å². The Morgan fingerprint density at radius 2 is 2.17 bits per heavy atom. The van der Waals surface area contributed by atoms with Crippen LogP contribution in [0.25, 0.3) is 0 Å². The van der Waals surface area contributed by atoms with Gasteiger partial charge in [-0.3, -0.25) is 4.79 Å². The lowest BCUT2D eigenvalue weighted by Gasteiger charge is -2.39. The predicted octanol–water partition coefficient (Wildman–Crippen LogP) is 2.15. The largest absolute Gasteiger partial charge is 0.492 e. The maximum absolute atomic E-state index is 12.3. The number of nitrogens with two attached hydrogens (primary N) is 1. The van der Waals surface area contributed by atoms with E-state index in [1.54, 1.807) is 0 Å². The highest BCUT2D eigenvalue weighted by Gasteiger charge is 2.42. The van der Waals surface area contributed by atoms with Crippen LogP contribution >= 0.6 is 0 Å². The van der Waals surface area contributed by atoms with Crippen LogP contribution < -0.4 is 15.8 Å². The number of benzene rings is 1. The molecule has 0 saturated heterocycles. The molecule has 0 atom stereocenters. The van der Waals surface area contributed by atoms with Crippen molar-refractivity contribution < 1.29 is 9.53 Å². The van der Waals surface area contributed by atoms with Crippen LogP contribution in [0.4, 0.5) is 5.69 Å². The SMILES string of the molecule is CCOc1ccccc1NC(=O)C1(CN)CCC1. The van der Waals surface area contributed by atoms with Crippen LogP contribution in [-0.2, 0) is 4.79 Å².